The van der Waals surface area contributed by atoms with Crippen molar-refractivity contribution in [3.63, 3.8) is 0 Å². The normalized spacial score (nSPS) is 9.19. The number of rotatable bonds is 0. The van der Waals surface area contributed by atoms with E-state index in [1.165, 1.54) is 35.4 Å². The van der Waals surface area contributed by atoms with Crippen LogP contribution in [-0.2, 0) is 0 Å². The lowest BCUT2D eigenvalue weighted by Gasteiger charge is -1.93. The Balaban J connectivity index is 0.000000160. The zero-order chi connectivity index (χ0) is 12.0. The lowest BCUT2D eigenvalue weighted by Crippen LogP contribution is -1.74. The zero-order valence-corrected chi connectivity index (χ0v) is 9.44. The minimum atomic E-state index is -0.331. The van der Waals surface area contributed by atoms with Gasteiger partial charge in [0.2, 0.25) is 0 Å². The molecule has 1 N–H and O–H groups in total. The number of aryl methyl sites for hydroxylation is 2. The molecular weight excluding hydrogens is 203 g/mol. The molecule has 0 aliphatic heterocycles. The molecule has 0 radical (unpaired) electrons. The molecule has 84 valence electrons. The van der Waals surface area contributed by atoms with Gasteiger partial charge in [-0.05, 0) is 49.2 Å². The van der Waals surface area contributed by atoms with Gasteiger partial charge in [-0.1, -0.05) is 24.3 Å². The standard InChI is InChI=1S/C8H10.C6H5FO/c1-7-5-3-4-6-8(7)2;7-5-1-3-6(8)4-2-5/h3-6H,1-2H3;1-4,8H. The zero-order valence-electron chi connectivity index (χ0n) is 9.44. The third-order valence-corrected chi connectivity index (χ3v) is 2.25. The number of benzene rings is 2. The van der Waals surface area contributed by atoms with Crippen LogP contribution >= 0.6 is 0 Å². The van der Waals surface area contributed by atoms with Crippen molar-refractivity contribution in [2.24, 2.45) is 0 Å². The van der Waals surface area contributed by atoms with Gasteiger partial charge in [0.1, 0.15) is 11.6 Å². The molecule has 0 fully saturated rings. The molecule has 0 amide bonds. The average Bonchev–Trinajstić information content (AvgIpc) is 2.28. The highest BCUT2D eigenvalue weighted by Crippen LogP contribution is 2.07. The first-order valence-corrected chi connectivity index (χ1v) is 5.06. The summed E-state index contributed by atoms with van der Waals surface area (Å²) in [6.45, 7) is 4.24. The Hall–Kier alpha value is -1.83. The summed E-state index contributed by atoms with van der Waals surface area (Å²) in [7, 11) is 0. The van der Waals surface area contributed by atoms with E-state index in [4.69, 9.17) is 5.11 Å². The topological polar surface area (TPSA) is 20.2 Å². The van der Waals surface area contributed by atoms with Crippen LogP contribution in [0.4, 0.5) is 4.39 Å². The van der Waals surface area contributed by atoms with Crippen LogP contribution in [-0.4, -0.2) is 5.11 Å². The fraction of sp³-hybridized carbons (Fsp3) is 0.143. The monoisotopic (exact) mass is 218 g/mol. The van der Waals surface area contributed by atoms with E-state index < -0.39 is 0 Å². The Labute approximate surface area is 95.2 Å². The van der Waals surface area contributed by atoms with Crippen molar-refractivity contribution in [3.8, 4) is 5.75 Å². The van der Waals surface area contributed by atoms with Crippen LogP contribution in [0.2, 0.25) is 0 Å². The van der Waals surface area contributed by atoms with Gasteiger partial charge in [0, 0.05) is 0 Å². The maximum Gasteiger partial charge on any atom is 0.123 e. The molecule has 0 bridgehead atoms. The van der Waals surface area contributed by atoms with Crippen LogP contribution in [0.1, 0.15) is 11.1 Å². The Bertz CT molecular complexity index is 393. The maximum absolute atomic E-state index is 12.0. The fourth-order valence-corrected chi connectivity index (χ4v) is 1.10. The summed E-state index contributed by atoms with van der Waals surface area (Å²) < 4.78 is 12.0. The van der Waals surface area contributed by atoms with Gasteiger partial charge in [-0.25, -0.2) is 4.39 Å². The van der Waals surface area contributed by atoms with Crippen LogP contribution in [0.5, 0.6) is 5.75 Å². The Kier molecular flexibility index (Phi) is 4.52. The highest BCUT2D eigenvalue weighted by molar-refractivity contribution is 5.23. The molecule has 0 saturated heterocycles. The Morgan fingerprint density at radius 1 is 0.812 bits per heavy atom. The molecule has 0 aromatic heterocycles. The van der Waals surface area contributed by atoms with E-state index in [2.05, 4.69) is 38.1 Å². The summed E-state index contributed by atoms with van der Waals surface area (Å²) in [6, 6.07) is 13.4. The molecule has 0 aliphatic rings. The molecule has 2 aromatic carbocycles. The van der Waals surface area contributed by atoms with Gasteiger partial charge in [0.05, 0.1) is 0 Å². The van der Waals surface area contributed by atoms with E-state index in [9.17, 15) is 4.39 Å². The second-order valence-corrected chi connectivity index (χ2v) is 3.56. The number of hydrogen-bond donors (Lipinski definition) is 1. The largest absolute Gasteiger partial charge is 0.508 e. The number of halogens is 1. The number of phenols is 1. The first-order chi connectivity index (χ1) is 7.59. The van der Waals surface area contributed by atoms with Crippen molar-refractivity contribution in [1.82, 2.24) is 0 Å². The first-order valence-electron chi connectivity index (χ1n) is 5.06. The summed E-state index contributed by atoms with van der Waals surface area (Å²) in [5, 5.41) is 8.59. The SMILES string of the molecule is Cc1ccccc1C.Oc1ccc(F)cc1. The number of aromatic hydroxyl groups is 1. The van der Waals surface area contributed by atoms with E-state index in [-0.39, 0.29) is 11.6 Å². The van der Waals surface area contributed by atoms with Crippen LogP contribution in [0.25, 0.3) is 0 Å². The van der Waals surface area contributed by atoms with Crippen molar-refractivity contribution in [3.05, 3.63) is 65.5 Å². The minimum Gasteiger partial charge on any atom is -0.508 e. The van der Waals surface area contributed by atoms with Crippen LogP contribution in [0, 0.1) is 19.7 Å². The van der Waals surface area contributed by atoms with Crippen molar-refractivity contribution >= 4 is 0 Å². The molecule has 0 unspecified atom stereocenters. The third kappa shape index (κ3) is 4.13. The van der Waals surface area contributed by atoms with Gasteiger partial charge in [-0.3, -0.25) is 0 Å². The van der Waals surface area contributed by atoms with E-state index >= 15 is 0 Å². The molecule has 0 atom stereocenters. The predicted molar refractivity (Wildman–Crippen MR) is 64.0 cm³/mol. The second-order valence-electron chi connectivity index (χ2n) is 3.56. The summed E-state index contributed by atoms with van der Waals surface area (Å²) in [5.41, 5.74) is 2.74. The summed E-state index contributed by atoms with van der Waals surface area (Å²) in [6.07, 6.45) is 0. The predicted octanol–water partition coefficient (Wildman–Crippen LogP) is 3.83. The first kappa shape index (κ1) is 12.2. The number of hydrogen-bond acceptors (Lipinski definition) is 1. The average molecular weight is 218 g/mol. The lowest BCUT2D eigenvalue weighted by molar-refractivity contribution is 0.473. The molecule has 2 aromatic rings. The second kappa shape index (κ2) is 5.91. The number of phenolic OH excluding ortho intramolecular Hbond substituents is 1. The molecule has 2 rings (SSSR count). The molecule has 0 heterocycles. The van der Waals surface area contributed by atoms with Gasteiger partial charge in [0.25, 0.3) is 0 Å². The lowest BCUT2D eigenvalue weighted by atomic mass is 10.1. The Morgan fingerprint density at radius 2 is 1.25 bits per heavy atom. The highest BCUT2D eigenvalue weighted by Gasteiger charge is 1.85. The van der Waals surface area contributed by atoms with Gasteiger partial charge in [-0.2, -0.15) is 0 Å². The van der Waals surface area contributed by atoms with Crippen LogP contribution in [0.3, 0.4) is 0 Å². The Morgan fingerprint density at radius 3 is 1.56 bits per heavy atom. The van der Waals surface area contributed by atoms with Gasteiger partial charge in [-0.15, -0.1) is 0 Å². The van der Waals surface area contributed by atoms with Crippen molar-refractivity contribution in [1.29, 1.82) is 0 Å². The summed E-state index contributed by atoms with van der Waals surface area (Å²) in [4.78, 5) is 0. The molecule has 0 spiro atoms. The van der Waals surface area contributed by atoms with Gasteiger partial charge < -0.3 is 5.11 Å². The maximum atomic E-state index is 12.0. The fourth-order valence-electron chi connectivity index (χ4n) is 1.10. The van der Waals surface area contributed by atoms with E-state index in [0.717, 1.165) is 0 Å². The summed E-state index contributed by atoms with van der Waals surface area (Å²) in [5.74, 6) is -0.241. The summed E-state index contributed by atoms with van der Waals surface area (Å²) >= 11 is 0. The van der Waals surface area contributed by atoms with Gasteiger partial charge >= 0.3 is 0 Å². The molecule has 0 aliphatic carbocycles. The smallest absolute Gasteiger partial charge is 0.123 e. The molecule has 0 saturated carbocycles. The van der Waals surface area contributed by atoms with Crippen molar-refractivity contribution in [2.45, 2.75) is 13.8 Å². The van der Waals surface area contributed by atoms with Crippen molar-refractivity contribution < 1.29 is 9.50 Å². The van der Waals surface area contributed by atoms with E-state index in [0.29, 0.717) is 0 Å². The third-order valence-electron chi connectivity index (χ3n) is 2.25. The van der Waals surface area contributed by atoms with Gasteiger partial charge in [0.15, 0.2) is 0 Å². The van der Waals surface area contributed by atoms with E-state index in [1.807, 2.05) is 0 Å². The minimum absolute atomic E-state index is 0.0893. The molecular formula is C14H15FO. The van der Waals surface area contributed by atoms with Crippen LogP contribution in [0.15, 0.2) is 48.5 Å². The highest BCUT2D eigenvalue weighted by atomic mass is 19.1. The van der Waals surface area contributed by atoms with Crippen molar-refractivity contribution in [2.75, 3.05) is 0 Å². The quantitative estimate of drug-likeness (QED) is 0.712. The molecule has 16 heavy (non-hydrogen) atoms. The van der Waals surface area contributed by atoms with Crippen LogP contribution < -0.4 is 0 Å². The van der Waals surface area contributed by atoms with E-state index in [1.54, 1.807) is 0 Å². The molecule has 2 heteroatoms. The molecule has 1 nitrogen and oxygen atoms in total.